The van der Waals surface area contributed by atoms with E-state index in [-0.39, 0.29) is 5.91 Å². The van der Waals surface area contributed by atoms with Crippen molar-refractivity contribution in [1.29, 1.82) is 0 Å². The third-order valence-electron chi connectivity index (χ3n) is 4.24. The van der Waals surface area contributed by atoms with Gasteiger partial charge in [-0.3, -0.25) is 4.79 Å². The number of nitrogens with one attached hydrogen (secondary N) is 1. The van der Waals surface area contributed by atoms with E-state index in [1.54, 1.807) is 0 Å². The van der Waals surface area contributed by atoms with Gasteiger partial charge in [0.2, 0.25) is 0 Å². The second kappa shape index (κ2) is 9.44. The number of anilines is 2. The van der Waals surface area contributed by atoms with E-state index in [0.717, 1.165) is 41.5 Å². The first-order valence-corrected chi connectivity index (χ1v) is 9.12. The third kappa shape index (κ3) is 5.76. The van der Waals surface area contributed by atoms with Gasteiger partial charge in [-0.1, -0.05) is 23.7 Å². The SMILES string of the molecule is CCN(CC)c1ccc(NC(=O)C[NH2+]Cc2ccc(Cl)cc2)c(C)c1. The van der Waals surface area contributed by atoms with Crippen LogP contribution in [-0.2, 0) is 11.3 Å². The minimum atomic E-state index is 0.00709. The number of hydrogen-bond acceptors (Lipinski definition) is 2. The molecule has 0 aliphatic carbocycles. The molecule has 1 amide bonds. The predicted molar refractivity (Wildman–Crippen MR) is 105 cm³/mol. The standard InChI is InChI=1S/C20H26ClN3O/c1-4-24(5-2)18-10-11-19(15(3)12-18)23-20(25)14-22-13-16-6-8-17(21)9-7-16/h6-12,22H,4-5,13-14H2,1-3H3,(H,23,25)/p+1. The molecule has 0 atom stereocenters. The fraction of sp³-hybridized carbons (Fsp3) is 0.350. The van der Waals surface area contributed by atoms with Crippen LogP contribution in [0.1, 0.15) is 25.0 Å². The molecule has 0 fully saturated rings. The zero-order valence-electron chi connectivity index (χ0n) is 15.2. The van der Waals surface area contributed by atoms with Crippen LogP contribution in [0.4, 0.5) is 11.4 Å². The average Bonchev–Trinajstić information content (AvgIpc) is 2.60. The summed E-state index contributed by atoms with van der Waals surface area (Å²) in [7, 11) is 0. The number of carbonyl (C=O) groups is 1. The van der Waals surface area contributed by atoms with Gasteiger partial charge in [0.1, 0.15) is 6.54 Å². The lowest BCUT2D eigenvalue weighted by molar-refractivity contribution is -0.659. The van der Waals surface area contributed by atoms with Crippen LogP contribution in [0, 0.1) is 6.92 Å². The molecular weight excluding hydrogens is 334 g/mol. The molecule has 0 saturated heterocycles. The van der Waals surface area contributed by atoms with Crippen LogP contribution in [0.15, 0.2) is 42.5 Å². The van der Waals surface area contributed by atoms with Gasteiger partial charge in [0.15, 0.2) is 6.54 Å². The Morgan fingerprint density at radius 3 is 2.40 bits per heavy atom. The molecule has 0 aliphatic heterocycles. The quantitative estimate of drug-likeness (QED) is 0.759. The molecule has 0 aromatic heterocycles. The molecule has 4 nitrogen and oxygen atoms in total. The maximum atomic E-state index is 12.2. The fourth-order valence-corrected chi connectivity index (χ4v) is 2.89. The maximum absolute atomic E-state index is 12.2. The Morgan fingerprint density at radius 2 is 1.80 bits per heavy atom. The molecule has 0 bridgehead atoms. The van der Waals surface area contributed by atoms with Crippen LogP contribution in [-0.4, -0.2) is 25.5 Å². The second-order valence-corrected chi connectivity index (χ2v) is 6.48. The highest BCUT2D eigenvalue weighted by Gasteiger charge is 2.09. The van der Waals surface area contributed by atoms with E-state index in [2.05, 4.69) is 36.2 Å². The third-order valence-corrected chi connectivity index (χ3v) is 4.49. The van der Waals surface area contributed by atoms with Gasteiger partial charge in [0.25, 0.3) is 5.91 Å². The van der Waals surface area contributed by atoms with E-state index >= 15 is 0 Å². The molecule has 25 heavy (non-hydrogen) atoms. The first-order valence-electron chi connectivity index (χ1n) is 8.75. The highest BCUT2D eigenvalue weighted by Crippen LogP contribution is 2.22. The van der Waals surface area contributed by atoms with E-state index in [1.807, 2.05) is 42.6 Å². The van der Waals surface area contributed by atoms with E-state index in [0.29, 0.717) is 6.54 Å². The van der Waals surface area contributed by atoms with Gasteiger partial charge in [0, 0.05) is 35.1 Å². The lowest BCUT2D eigenvalue weighted by Gasteiger charge is -2.22. The zero-order chi connectivity index (χ0) is 18.2. The molecule has 2 rings (SSSR count). The minimum absolute atomic E-state index is 0.00709. The summed E-state index contributed by atoms with van der Waals surface area (Å²) in [5, 5.41) is 5.71. The molecule has 134 valence electrons. The largest absolute Gasteiger partial charge is 0.372 e. The Kier molecular flexibility index (Phi) is 7.29. The van der Waals surface area contributed by atoms with Crippen molar-refractivity contribution < 1.29 is 10.1 Å². The first kappa shape index (κ1) is 19.3. The first-order chi connectivity index (χ1) is 12.0. The summed E-state index contributed by atoms with van der Waals surface area (Å²) in [6, 6.07) is 13.9. The maximum Gasteiger partial charge on any atom is 0.279 e. The van der Waals surface area contributed by atoms with Crippen molar-refractivity contribution in [3.63, 3.8) is 0 Å². The van der Waals surface area contributed by atoms with Crippen LogP contribution >= 0.6 is 11.6 Å². The lowest BCUT2D eigenvalue weighted by Crippen LogP contribution is -2.84. The van der Waals surface area contributed by atoms with E-state index < -0.39 is 0 Å². The van der Waals surface area contributed by atoms with Crippen LogP contribution in [0.2, 0.25) is 5.02 Å². The molecule has 0 heterocycles. The molecule has 0 saturated carbocycles. The Hall–Kier alpha value is -2.04. The molecule has 0 radical (unpaired) electrons. The molecular formula is C20H27ClN3O+. The number of nitrogens with two attached hydrogens (primary N) is 1. The highest BCUT2D eigenvalue weighted by molar-refractivity contribution is 6.30. The molecule has 0 unspecified atom stereocenters. The number of hydrogen-bond donors (Lipinski definition) is 2. The summed E-state index contributed by atoms with van der Waals surface area (Å²) in [6.45, 7) is 9.41. The van der Waals surface area contributed by atoms with Crippen molar-refractivity contribution in [2.45, 2.75) is 27.3 Å². The van der Waals surface area contributed by atoms with Gasteiger partial charge in [-0.15, -0.1) is 0 Å². The summed E-state index contributed by atoms with van der Waals surface area (Å²) in [6.07, 6.45) is 0. The monoisotopic (exact) mass is 360 g/mol. The smallest absolute Gasteiger partial charge is 0.279 e. The fourth-order valence-electron chi connectivity index (χ4n) is 2.77. The van der Waals surface area contributed by atoms with Crippen LogP contribution in [0.3, 0.4) is 0 Å². The lowest BCUT2D eigenvalue weighted by atomic mass is 10.1. The molecule has 2 aromatic carbocycles. The molecule has 2 aromatic rings. The van der Waals surface area contributed by atoms with Crippen molar-refractivity contribution in [1.82, 2.24) is 0 Å². The van der Waals surface area contributed by atoms with Crippen LogP contribution in [0.5, 0.6) is 0 Å². The highest BCUT2D eigenvalue weighted by atomic mass is 35.5. The Bertz CT molecular complexity index is 697. The van der Waals surface area contributed by atoms with Crippen LogP contribution < -0.4 is 15.5 Å². The summed E-state index contributed by atoms with van der Waals surface area (Å²) in [4.78, 5) is 14.5. The number of rotatable bonds is 8. The number of amides is 1. The number of carbonyl (C=O) groups excluding carboxylic acids is 1. The average molecular weight is 361 g/mol. The Labute approximate surface area is 155 Å². The summed E-state index contributed by atoms with van der Waals surface area (Å²) in [5.74, 6) is 0.00709. The van der Waals surface area contributed by atoms with Gasteiger partial charge in [0.05, 0.1) is 0 Å². The van der Waals surface area contributed by atoms with Crippen molar-refractivity contribution >= 4 is 28.9 Å². The van der Waals surface area contributed by atoms with Crippen molar-refractivity contribution in [2.24, 2.45) is 0 Å². The van der Waals surface area contributed by atoms with E-state index in [1.165, 1.54) is 5.69 Å². The second-order valence-electron chi connectivity index (χ2n) is 6.04. The summed E-state index contributed by atoms with van der Waals surface area (Å²) in [5.41, 5.74) is 4.29. The van der Waals surface area contributed by atoms with Crippen molar-refractivity contribution in [2.75, 3.05) is 29.9 Å². The molecule has 3 N–H and O–H groups in total. The number of benzene rings is 2. The van der Waals surface area contributed by atoms with Crippen LogP contribution in [0.25, 0.3) is 0 Å². The summed E-state index contributed by atoms with van der Waals surface area (Å²) >= 11 is 5.87. The topological polar surface area (TPSA) is 49.0 Å². The van der Waals surface area contributed by atoms with Gasteiger partial charge in [-0.25, -0.2) is 0 Å². The number of halogens is 1. The Balaban J connectivity index is 1.86. The van der Waals surface area contributed by atoms with Gasteiger partial charge in [-0.05, 0) is 56.7 Å². The zero-order valence-corrected chi connectivity index (χ0v) is 15.9. The number of quaternary nitrogens is 1. The predicted octanol–water partition coefficient (Wildman–Crippen LogP) is 3.20. The van der Waals surface area contributed by atoms with Gasteiger partial charge < -0.3 is 15.5 Å². The normalized spacial score (nSPS) is 10.6. The number of nitrogens with zero attached hydrogens (tertiary/aromatic N) is 1. The summed E-state index contributed by atoms with van der Waals surface area (Å²) < 4.78 is 0. The number of aryl methyl sites for hydroxylation is 1. The van der Waals surface area contributed by atoms with Gasteiger partial charge in [-0.2, -0.15) is 0 Å². The molecule has 0 spiro atoms. The van der Waals surface area contributed by atoms with E-state index in [9.17, 15) is 4.79 Å². The minimum Gasteiger partial charge on any atom is -0.372 e. The van der Waals surface area contributed by atoms with Crippen molar-refractivity contribution in [3.05, 3.63) is 58.6 Å². The van der Waals surface area contributed by atoms with E-state index in [4.69, 9.17) is 11.6 Å². The Morgan fingerprint density at radius 1 is 1.12 bits per heavy atom. The van der Waals surface area contributed by atoms with Gasteiger partial charge >= 0.3 is 0 Å². The molecule has 0 aliphatic rings. The van der Waals surface area contributed by atoms with Crippen molar-refractivity contribution in [3.8, 4) is 0 Å². The molecule has 5 heteroatoms.